The minimum absolute atomic E-state index is 0.0209. The molecule has 2 aromatic rings. The number of carbonyl (C=O) groups excluding carboxylic acids is 2. The lowest BCUT2D eigenvalue weighted by Crippen LogP contribution is -2.38. The molecule has 226 valence electrons. The summed E-state index contributed by atoms with van der Waals surface area (Å²) in [6.07, 6.45) is -5.23. The van der Waals surface area contributed by atoms with Gasteiger partial charge in [0.25, 0.3) is 23.7 Å². The summed E-state index contributed by atoms with van der Waals surface area (Å²) in [5.74, 6) is -8.87. The lowest BCUT2D eigenvalue weighted by Gasteiger charge is -2.22. The summed E-state index contributed by atoms with van der Waals surface area (Å²) in [6, 6.07) is -1.87. The zero-order chi connectivity index (χ0) is 30.5. The number of pyridine rings is 1. The number of aliphatic hydroxyl groups is 1. The number of alkyl halides is 7. The molecule has 3 heterocycles. The van der Waals surface area contributed by atoms with Gasteiger partial charge in [0.05, 0.1) is 28.6 Å². The molecule has 4 rings (SSSR count). The van der Waals surface area contributed by atoms with E-state index in [0.29, 0.717) is 17.4 Å². The van der Waals surface area contributed by atoms with E-state index < -0.39 is 99.4 Å². The van der Waals surface area contributed by atoms with Crippen LogP contribution in [0.5, 0.6) is 0 Å². The van der Waals surface area contributed by atoms with Gasteiger partial charge in [-0.3, -0.25) is 9.59 Å². The molecular weight excluding hydrogens is 583 g/mol. The van der Waals surface area contributed by atoms with E-state index in [4.69, 9.17) is 0 Å². The first-order valence-electron chi connectivity index (χ1n) is 12.7. The van der Waals surface area contributed by atoms with Crippen molar-refractivity contribution in [2.75, 3.05) is 18.4 Å². The number of thiazole rings is 1. The second-order valence-electron chi connectivity index (χ2n) is 11.0. The Bertz CT molecular complexity index is 1330. The molecule has 2 fully saturated rings. The second-order valence-corrected chi connectivity index (χ2v) is 12.0. The molecule has 0 aromatic carbocycles. The number of likely N-dealkylation sites (tertiary alicyclic amines) is 1. The van der Waals surface area contributed by atoms with Gasteiger partial charge in [-0.1, -0.05) is 0 Å². The van der Waals surface area contributed by atoms with Gasteiger partial charge in [-0.25, -0.2) is 27.5 Å². The van der Waals surface area contributed by atoms with E-state index in [-0.39, 0.29) is 19.4 Å². The Balaban J connectivity index is 1.79. The molecule has 3 N–H and O–H groups in total. The summed E-state index contributed by atoms with van der Waals surface area (Å²) in [5, 5.41) is 14.2. The molecule has 16 heteroatoms. The number of aromatic nitrogens is 2. The highest BCUT2D eigenvalue weighted by atomic mass is 32.1. The second kappa shape index (κ2) is 10.7. The van der Waals surface area contributed by atoms with Gasteiger partial charge in [0, 0.05) is 37.2 Å². The first-order valence-corrected chi connectivity index (χ1v) is 13.5. The predicted octanol–water partition coefficient (Wildman–Crippen LogP) is 5.19. The van der Waals surface area contributed by atoms with Gasteiger partial charge in [-0.15, -0.1) is 11.3 Å². The fourth-order valence-corrected chi connectivity index (χ4v) is 5.77. The van der Waals surface area contributed by atoms with Crippen LogP contribution in [0, 0.1) is 0 Å². The van der Waals surface area contributed by atoms with Crippen molar-refractivity contribution in [2.45, 2.75) is 82.2 Å². The van der Waals surface area contributed by atoms with Gasteiger partial charge in [0.1, 0.15) is 11.5 Å². The van der Waals surface area contributed by atoms with Crippen LogP contribution in [0.4, 0.5) is 36.6 Å². The van der Waals surface area contributed by atoms with Crippen molar-refractivity contribution < 1.29 is 45.4 Å². The minimum Gasteiger partial charge on any atom is -0.389 e. The molecule has 2 amide bonds. The zero-order valence-electron chi connectivity index (χ0n) is 22.2. The first kappa shape index (κ1) is 30.9. The van der Waals surface area contributed by atoms with E-state index in [2.05, 4.69) is 20.6 Å². The van der Waals surface area contributed by atoms with E-state index in [0.717, 1.165) is 11.1 Å². The largest absolute Gasteiger partial charge is 0.417 e. The molecule has 2 aliphatic rings. The van der Waals surface area contributed by atoms with Gasteiger partial charge in [0.2, 0.25) is 0 Å². The Labute approximate surface area is 234 Å². The van der Waals surface area contributed by atoms with Gasteiger partial charge >= 0.3 is 6.18 Å². The van der Waals surface area contributed by atoms with Crippen LogP contribution < -0.4 is 10.6 Å². The smallest absolute Gasteiger partial charge is 0.389 e. The summed E-state index contributed by atoms with van der Waals surface area (Å²) >= 11 is 0.408. The van der Waals surface area contributed by atoms with Gasteiger partial charge < -0.3 is 20.6 Å². The number of hydrogen-bond acceptors (Lipinski definition) is 7. The van der Waals surface area contributed by atoms with E-state index >= 15 is 0 Å². The molecule has 1 aliphatic carbocycles. The molecule has 0 bridgehead atoms. The maximum atomic E-state index is 14.3. The van der Waals surface area contributed by atoms with Crippen LogP contribution in [-0.2, 0) is 6.18 Å². The average Bonchev–Trinajstić information content (AvgIpc) is 3.50. The zero-order valence-corrected chi connectivity index (χ0v) is 23.0. The van der Waals surface area contributed by atoms with Gasteiger partial charge in [-0.05, 0) is 39.7 Å². The molecule has 0 spiro atoms. The van der Waals surface area contributed by atoms with Crippen LogP contribution in [0.15, 0.2) is 12.3 Å². The van der Waals surface area contributed by atoms with Crippen LogP contribution in [0.25, 0.3) is 10.4 Å². The summed E-state index contributed by atoms with van der Waals surface area (Å²) in [7, 11) is 0. The number of nitrogens with zero attached hydrogens (tertiary/aromatic N) is 3. The van der Waals surface area contributed by atoms with E-state index in [1.165, 1.54) is 20.8 Å². The van der Waals surface area contributed by atoms with Crippen LogP contribution in [0.3, 0.4) is 0 Å². The van der Waals surface area contributed by atoms with Crippen LogP contribution >= 0.6 is 11.3 Å². The molecule has 1 aliphatic heterocycles. The standard InChI is InChI=1S/C25H28F7N5O3S/c1-12-8-23(26,27)11-37(12)21(39)17-18(41-20(36-17)19(38)34-10-22(2,3)40)13-9-33-16(7-14(13)25(30,31)32)35-15-5-4-6-24(15,28)29/h7,9,12,15,40H,4-6,8,10-11H2,1-3H3,(H,33,35)(H,34,38)/t12-,15-/m0/s1. The monoisotopic (exact) mass is 611 g/mol. The number of hydrogen-bond donors (Lipinski definition) is 3. The van der Waals surface area contributed by atoms with Crippen molar-refractivity contribution in [2.24, 2.45) is 0 Å². The Morgan fingerprint density at radius 3 is 2.44 bits per heavy atom. The molecule has 41 heavy (non-hydrogen) atoms. The molecule has 2 aromatic heterocycles. The summed E-state index contributed by atoms with van der Waals surface area (Å²) in [6.45, 7) is 2.88. The van der Waals surface area contributed by atoms with E-state index in [1.807, 2.05) is 0 Å². The number of nitrogens with one attached hydrogen (secondary N) is 2. The summed E-state index contributed by atoms with van der Waals surface area (Å²) in [4.78, 5) is 34.3. The summed E-state index contributed by atoms with van der Waals surface area (Å²) < 4.78 is 99.1. The third-order valence-electron chi connectivity index (χ3n) is 6.78. The van der Waals surface area contributed by atoms with E-state index in [1.54, 1.807) is 0 Å². The van der Waals surface area contributed by atoms with Crippen molar-refractivity contribution in [3.63, 3.8) is 0 Å². The normalized spacial score (nSPS) is 22.2. The average molecular weight is 612 g/mol. The van der Waals surface area contributed by atoms with Crippen LogP contribution in [-0.4, -0.2) is 74.4 Å². The van der Waals surface area contributed by atoms with Gasteiger partial charge in [-0.2, -0.15) is 13.2 Å². The lowest BCUT2D eigenvalue weighted by atomic mass is 10.1. The van der Waals surface area contributed by atoms with Gasteiger partial charge in [0.15, 0.2) is 5.01 Å². The van der Waals surface area contributed by atoms with Crippen molar-refractivity contribution in [1.29, 1.82) is 0 Å². The number of anilines is 1. The number of halogens is 7. The van der Waals surface area contributed by atoms with Crippen molar-refractivity contribution >= 4 is 29.0 Å². The molecule has 0 radical (unpaired) electrons. The van der Waals surface area contributed by atoms with E-state index in [9.17, 15) is 45.4 Å². The SMILES string of the molecule is C[C@H]1CC(F)(F)CN1C(=O)c1nc(C(=O)NCC(C)(C)O)sc1-c1cnc(N[C@H]2CCCC2(F)F)cc1C(F)(F)F. The number of carbonyl (C=O) groups is 2. The van der Waals surface area contributed by atoms with Crippen molar-refractivity contribution in [3.8, 4) is 10.4 Å². The third kappa shape index (κ3) is 6.90. The molecule has 2 atom stereocenters. The Hall–Kier alpha value is -3.01. The topological polar surface area (TPSA) is 107 Å². The quantitative estimate of drug-likeness (QED) is 0.372. The fourth-order valence-electron chi connectivity index (χ4n) is 4.77. The number of rotatable bonds is 7. The highest BCUT2D eigenvalue weighted by Gasteiger charge is 2.47. The van der Waals surface area contributed by atoms with Crippen LogP contribution in [0.1, 0.15) is 72.3 Å². The summed E-state index contributed by atoms with van der Waals surface area (Å²) in [5.41, 5.74) is -4.04. The number of amides is 2. The maximum Gasteiger partial charge on any atom is 0.417 e. The molecule has 0 unspecified atom stereocenters. The third-order valence-corrected chi connectivity index (χ3v) is 7.87. The highest BCUT2D eigenvalue weighted by molar-refractivity contribution is 7.17. The molecule has 1 saturated carbocycles. The van der Waals surface area contributed by atoms with Crippen molar-refractivity contribution in [1.82, 2.24) is 20.2 Å². The fraction of sp³-hybridized carbons (Fsp3) is 0.600. The van der Waals surface area contributed by atoms with Crippen molar-refractivity contribution in [3.05, 3.63) is 28.5 Å². The molecular formula is C25H28F7N5O3S. The Morgan fingerprint density at radius 1 is 1.22 bits per heavy atom. The Morgan fingerprint density at radius 2 is 1.90 bits per heavy atom. The lowest BCUT2D eigenvalue weighted by molar-refractivity contribution is -0.137. The molecule has 8 nitrogen and oxygen atoms in total. The highest BCUT2D eigenvalue weighted by Crippen LogP contribution is 2.43. The molecule has 1 saturated heterocycles. The predicted molar refractivity (Wildman–Crippen MR) is 135 cm³/mol. The van der Waals surface area contributed by atoms with Crippen LogP contribution in [0.2, 0.25) is 0 Å². The Kier molecular flexibility index (Phi) is 8.06. The minimum atomic E-state index is -5.06. The first-order chi connectivity index (χ1) is 18.8. The maximum absolute atomic E-state index is 14.3.